The summed E-state index contributed by atoms with van der Waals surface area (Å²) in [6.45, 7) is 2.17. The topological polar surface area (TPSA) is 70.4 Å². The van der Waals surface area contributed by atoms with Crippen LogP contribution in [-0.4, -0.2) is 38.8 Å². The third-order valence-corrected chi connectivity index (χ3v) is 5.88. The summed E-state index contributed by atoms with van der Waals surface area (Å²) in [5.41, 5.74) is 1.44. The van der Waals surface area contributed by atoms with E-state index >= 15 is 0 Å². The van der Waals surface area contributed by atoms with Crippen molar-refractivity contribution in [2.24, 2.45) is 0 Å². The number of pyridine rings is 1. The van der Waals surface area contributed by atoms with Crippen LogP contribution in [-0.2, 0) is 0 Å². The lowest BCUT2D eigenvalue weighted by atomic mass is 10.0. The molecular formula is C22H20Cl2N4O2. The fraction of sp³-hybridized carbons (Fsp3) is 0.273. The van der Waals surface area contributed by atoms with Crippen LogP contribution in [0.25, 0.3) is 10.8 Å². The first-order valence-electron chi connectivity index (χ1n) is 9.43. The molecule has 1 saturated heterocycles. The van der Waals surface area contributed by atoms with E-state index in [9.17, 15) is 5.26 Å². The Morgan fingerprint density at radius 2 is 1.87 bits per heavy atom. The van der Waals surface area contributed by atoms with Gasteiger partial charge in [0.05, 0.1) is 25.8 Å². The molecule has 4 rings (SSSR count). The second-order valence-corrected chi connectivity index (χ2v) is 7.82. The summed E-state index contributed by atoms with van der Waals surface area (Å²) >= 11 is 12.6. The van der Waals surface area contributed by atoms with Crippen molar-refractivity contribution in [1.82, 2.24) is 10.3 Å². The number of aromatic nitrogens is 1. The van der Waals surface area contributed by atoms with E-state index in [4.69, 9.17) is 32.7 Å². The van der Waals surface area contributed by atoms with Crippen LogP contribution in [0.4, 0.5) is 5.82 Å². The van der Waals surface area contributed by atoms with E-state index in [2.05, 4.69) is 21.3 Å². The second kappa shape index (κ2) is 8.57. The summed E-state index contributed by atoms with van der Waals surface area (Å²) in [5.74, 6) is 1.95. The lowest BCUT2D eigenvalue weighted by Crippen LogP contribution is -2.46. The molecule has 1 N–H and O–H groups in total. The minimum atomic E-state index is -0.00223. The van der Waals surface area contributed by atoms with Crippen molar-refractivity contribution in [1.29, 1.82) is 5.26 Å². The minimum Gasteiger partial charge on any atom is -0.493 e. The van der Waals surface area contributed by atoms with Gasteiger partial charge in [-0.25, -0.2) is 4.98 Å². The highest BCUT2D eigenvalue weighted by molar-refractivity contribution is 6.33. The Kier molecular flexibility index (Phi) is 5.87. The number of methoxy groups -OCH3 is 2. The van der Waals surface area contributed by atoms with Gasteiger partial charge in [0.25, 0.3) is 0 Å². The van der Waals surface area contributed by atoms with Gasteiger partial charge in [-0.15, -0.1) is 0 Å². The summed E-state index contributed by atoms with van der Waals surface area (Å²) in [6, 6.07) is 11.4. The molecule has 8 heteroatoms. The summed E-state index contributed by atoms with van der Waals surface area (Å²) in [7, 11) is 3.17. The molecule has 6 nitrogen and oxygen atoms in total. The Morgan fingerprint density at radius 1 is 1.13 bits per heavy atom. The van der Waals surface area contributed by atoms with Crippen molar-refractivity contribution in [3.8, 4) is 17.6 Å². The zero-order valence-electron chi connectivity index (χ0n) is 16.6. The molecule has 0 radical (unpaired) electrons. The molecule has 1 aromatic heterocycles. The van der Waals surface area contributed by atoms with Crippen LogP contribution < -0.4 is 19.7 Å². The number of anilines is 1. The predicted octanol–water partition coefficient (Wildman–Crippen LogP) is 4.58. The van der Waals surface area contributed by atoms with Crippen LogP contribution >= 0.6 is 23.2 Å². The first-order chi connectivity index (χ1) is 14.5. The van der Waals surface area contributed by atoms with Crippen molar-refractivity contribution in [3.05, 3.63) is 57.7 Å². The predicted molar refractivity (Wildman–Crippen MR) is 119 cm³/mol. The van der Waals surface area contributed by atoms with Crippen LogP contribution in [0.15, 0.2) is 36.5 Å². The maximum atomic E-state index is 9.56. The molecule has 0 amide bonds. The fourth-order valence-electron chi connectivity index (χ4n) is 3.82. The quantitative estimate of drug-likeness (QED) is 0.637. The van der Waals surface area contributed by atoms with Crippen molar-refractivity contribution in [3.63, 3.8) is 0 Å². The fourth-order valence-corrected chi connectivity index (χ4v) is 4.25. The largest absolute Gasteiger partial charge is 0.493 e. The van der Waals surface area contributed by atoms with Gasteiger partial charge in [0, 0.05) is 46.6 Å². The summed E-state index contributed by atoms with van der Waals surface area (Å²) in [6.07, 6.45) is 1.60. The molecule has 1 atom stereocenters. The van der Waals surface area contributed by atoms with Gasteiger partial charge in [-0.3, -0.25) is 0 Å². The Bertz CT molecular complexity index is 1150. The van der Waals surface area contributed by atoms with E-state index in [-0.39, 0.29) is 6.04 Å². The molecule has 1 fully saturated rings. The van der Waals surface area contributed by atoms with Crippen LogP contribution in [0.1, 0.15) is 17.2 Å². The number of hydrogen-bond acceptors (Lipinski definition) is 6. The van der Waals surface area contributed by atoms with Gasteiger partial charge in [0.2, 0.25) is 0 Å². The highest BCUT2D eigenvalue weighted by atomic mass is 35.5. The molecule has 0 aliphatic carbocycles. The second-order valence-electron chi connectivity index (χ2n) is 6.98. The van der Waals surface area contributed by atoms with Gasteiger partial charge in [-0.05, 0) is 35.9 Å². The van der Waals surface area contributed by atoms with E-state index in [0.717, 1.165) is 35.2 Å². The number of nitriles is 1. The summed E-state index contributed by atoms with van der Waals surface area (Å²) < 4.78 is 10.9. The zero-order valence-corrected chi connectivity index (χ0v) is 18.1. The maximum absolute atomic E-state index is 9.56. The Hall–Kier alpha value is -2.72. The van der Waals surface area contributed by atoms with E-state index in [1.54, 1.807) is 26.5 Å². The van der Waals surface area contributed by atoms with Crippen LogP contribution in [0.3, 0.4) is 0 Å². The zero-order chi connectivity index (χ0) is 21.3. The van der Waals surface area contributed by atoms with Gasteiger partial charge in [-0.2, -0.15) is 5.26 Å². The molecule has 2 heterocycles. The van der Waals surface area contributed by atoms with E-state index in [0.29, 0.717) is 33.7 Å². The van der Waals surface area contributed by atoms with Gasteiger partial charge in [0.1, 0.15) is 11.9 Å². The number of benzene rings is 2. The van der Waals surface area contributed by atoms with Crippen molar-refractivity contribution in [2.45, 2.75) is 6.04 Å². The average molecular weight is 443 g/mol. The number of rotatable bonds is 4. The van der Waals surface area contributed by atoms with Gasteiger partial charge >= 0.3 is 0 Å². The minimum absolute atomic E-state index is 0.00223. The molecule has 3 aromatic rings. The Labute approximate surface area is 184 Å². The molecule has 30 heavy (non-hydrogen) atoms. The molecule has 0 saturated carbocycles. The van der Waals surface area contributed by atoms with E-state index in [1.807, 2.05) is 24.3 Å². The molecule has 1 unspecified atom stereocenters. The number of piperazine rings is 1. The first-order valence-corrected chi connectivity index (χ1v) is 10.2. The Balaban J connectivity index is 1.79. The number of nitrogens with one attached hydrogen (secondary N) is 1. The lowest BCUT2D eigenvalue weighted by molar-refractivity contribution is 0.356. The molecule has 0 spiro atoms. The van der Waals surface area contributed by atoms with Gasteiger partial charge in [-0.1, -0.05) is 23.2 Å². The summed E-state index contributed by atoms with van der Waals surface area (Å²) in [4.78, 5) is 6.81. The third kappa shape index (κ3) is 3.72. The van der Waals surface area contributed by atoms with E-state index in [1.165, 1.54) is 0 Å². The third-order valence-electron chi connectivity index (χ3n) is 5.30. The number of ether oxygens (including phenoxy) is 2. The number of hydrogen-bond donors (Lipinski definition) is 1. The smallest absolute Gasteiger partial charge is 0.161 e. The van der Waals surface area contributed by atoms with Crippen LogP contribution in [0.5, 0.6) is 11.5 Å². The molecule has 1 aliphatic rings. The van der Waals surface area contributed by atoms with Gasteiger partial charge < -0.3 is 19.7 Å². The normalized spacial score (nSPS) is 16.4. The molecule has 2 aromatic carbocycles. The monoisotopic (exact) mass is 442 g/mol. The average Bonchev–Trinajstić information content (AvgIpc) is 2.78. The Morgan fingerprint density at radius 3 is 2.57 bits per heavy atom. The van der Waals surface area contributed by atoms with E-state index < -0.39 is 0 Å². The number of halogens is 2. The van der Waals surface area contributed by atoms with Crippen molar-refractivity contribution < 1.29 is 9.47 Å². The molecule has 0 bridgehead atoms. The summed E-state index contributed by atoms with van der Waals surface area (Å²) in [5, 5.41) is 16.0. The highest BCUT2D eigenvalue weighted by Crippen LogP contribution is 2.38. The van der Waals surface area contributed by atoms with Gasteiger partial charge in [0.15, 0.2) is 11.5 Å². The number of fused-ring (bicyclic) bond motifs is 1. The lowest BCUT2D eigenvalue weighted by Gasteiger charge is -2.35. The SMILES string of the molecule is COc1cc2c(C#N)cnc(N3CCNC(c4cc(Cl)ccc4Cl)C3)c2cc1OC. The molecular weight excluding hydrogens is 423 g/mol. The van der Waals surface area contributed by atoms with Crippen molar-refractivity contribution in [2.75, 3.05) is 38.8 Å². The van der Waals surface area contributed by atoms with Crippen LogP contribution in [0.2, 0.25) is 10.0 Å². The van der Waals surface area contributed by atoms with Crippen molar-refractivity contribution >= 4 is 39.8 Å². The molecule has 154 valence electrons. The standard InChI is InChI=1S/C22H20Cl2N4O2/c1-29-20-8-15-13(10-25)11-27-22(16(15)9-21(20)30-2)28-6-5-26-19(12-28)17-7-14(23)3-4-18(17)24/h3-4,7-9,11,19,26H,5-6,12H2,1-2H3. The highest BCUT2D eigenvalue weighted by Gasteiger charge is 2.26. The van der Waals surface area contributed by atoms with Crippen LogP contribution in [0, 0.1) is 11.3 Å². The maximum Gasteiger partial charge on any atom is 0.161 e. The molecule has 1 aliphatic heterocycles. The number of nitrogens with zero attached hydrogens (tertiary/aromatic N) is 3. The first kappa shape index (κ1) is 20.5.